The van der Waals surface area contributed by atoms with E-state index in [4.69, 9.17) is 5.11 Å². The molecule has 0 aliphatic rings. The van der Waals surface area contributed by atoms with Crippen LogP contribution in [0.5, 0.6) is 0 Å². The van der Waals surface area contributed by atoms with Crippen LogP contribution < -0.4 is 0 Å². The second kappa shape index (κ2) is 30.3. The zero-order chi connectivity index (χ0) is 39.3. The van der Waals surface area contributed by atoms with E-state index >= 15 is 0 Å². The number of hydrogen-bond acceptors (Lipinski definition) is 2. The Hall–Kier alpha value is -3.20. The molecule has 1 N–H and O–H groups in total. The van der Waals surface area contributed by atoms with Crippen molar-refractivity contribution in [1.82, 2.24) is 0 Å². The maximum absolute atomic E-state index is 11.5. The van der Waals surface area contributed by atoms with E-state index in [0.29, 0.717) is 0 Å². The molecule has 0 amide bonds. The highest BCUT2D eigenvalue weighted by Crippen LogP contribution is 2.18. The van der Waals surface area contributed by atoms with Crippen molar-refractivity contribution < 1.29 is 14.7 Å². The molecule has 0 saturated heterocycles. The Morgan fingerprint density at radius 3 is 0.769 bits per heavy atom. The summed E-state index contributed by atoms with van der Waals surface area (Å²) in [5.41, 5.74) is 12.9. The van der Waals surface area contributed by atoms with Gasteiger partial charge in [-0.15, -0.1) is 0 Å². The molecular weight excluding hydrogens is 637 g/mol. The summed E-state index contributed by atoms with van der Waals surface area (Å²) in [5, 5.41) is 9.17. The fourth-order valence-corrected chi connectivity index (χ4v) is 5.99. The van der Waals surface area contributed by atoms with Crippen LogP contribution in [0.25, 0.3) is 0 Å². The zero-order valence-corrected chi connectivity index (χ0v) is 35.6. The maximum Gasteiger partial charge on any atom is 0.314 e. The van der Waals surface area contributed by atoms with Crippen molar-refractivity contribution in [1.29, 1.82) is 0 Å². The number of carboxylic acid groups (broad SMARTS) is 1. The molecule has 1 unspecified atom stereocenters. The fourth-order valence-electron chi connectivity index (χ4n) is 5.99. The fraction of sp³-hybridized carbons (Fsp3) is 0.592. The summed E-state index contributed by atoms with van der Waals surface area (Å²) in [4.78, 5) is 22.7. The highest BCUT2D eigenvalue weighted by Gasteiger charge is 2.20. The third-order valence-electron chi connectivity index (χ3n) is 9.80. The third kappa shape index (κ3) is 29.4. The standard InChI is InChI=1S/C49H78O3/c1-38(2)20-12-21-39(3)22-13-23-40(4)24-14-25-41(5)26-15-27-42(6)28-16-29-43(7)30-17-31-44(8)32-18-33-45(9)34-19-35-46(10)36-37-48(47(11)50)49(51)52/h20,22,24,26,28,30,32,34,36,48H,12-19,21,23,25,27,29,31,33,35,37H2,1-11H3,(H,51,52)/b39-22+,40-24+,41-26+,42-28+,43-30+,44-32+,45-34+,46-36+. The average Bonchev–Trinajstić information content (AvgIpc) is 3.04. The summed E-state index contributed by atoms with van der Waals surface area (Å²) in [6.45, 7) is 23.5. The Kier molecular flexibility index (Phi) is 28.4. The van der Waals surface area contributed by atoms with Gasteiger partial charge >= 0.3 is 5.97 Å². The van der Waals surface area contributed by atoms with Crippen molar-refractivity contribution in [2.45, 2.75) is 185 Å². The van der Waals surface area contributed by atoms with Crippen LogP contribution >= 0.6 is 0 Å². The van der Waals surface area contributed by atoms with E-state index in [2.05, 4.69) is 111 Å². The number of carboxylic acids is 1. The molecule has 0 rings (SSSR count). The molecule has 0 aromatic rings. The molecule has 0 bridgehead atoms. The van der Waals surface area contributed by atoms with Gasteiger partial charge in [-0.3, -0.25) is 9.59 Å². The van der Waals surface area contributed by atoms with Gasteiger partial charge in [-0.1, -0.05) is 105 Å². The van der Waals surface area contributed by atoms with E-state index in [1.165, 1.54) is 64.4 Å². The Bertz CT molecular complexity index is 1330. The van der Waals surface area contributed by atoms with Crippen molar-refractivity contribution in [3.8, 4) is 0 Å². The maximum atomic E-state index is 11.5. The Morgan fingerprint density at radius 2 is 0.577 bits per heavy atom. The second-order valence-electron chi connectivity index (χ2n) is 15.7. The van der Waals surface area contributed by atoms with Crippen LogP contribution in [-0.4, -0.2) is 16.9 Å². The summed E-state index contributed by atoms with van der Waals surface area (Å²) >= 11 is 0. The molecule has 0 spiro atoms. The van der Waals surface area contributed by atoms with Gasteiger partial charge in [-0.05, 0) is 185 Å². The molecule has 0 fully saturated rings. The van der Waals surface area contributed by atoms with E-state index in [9.17, 15) is 9.59 Å². The average molecular weight is 715 g/mol. The quantitative estimate of drug-likeness (QED) is 0.0648. The lowest BCUT2D eigenvalue weighted by Gasteiger charge is -2.06. The van der Waals surface area contributed by atoms with E-state index in [-0.39, 0.29) is 12.2 Å². The molecule has 0 heterocycles. The second-order valence-corrected chi connectivity index (χ2v) is 15.7. The van der Waals surface area contributed by atoms with E-state index in [1.807, 2.05) is 13.0 Å². The number of Topliss-reactive ketones (excluding diaryl/α,β-unsaturated/α-hetero) is 1. The molecule has 292 valence electrons. The summed E-state index contributed by atoms with van der Waals surface area (Å²) in [5.74, 6) is -2.25. The third-order valence-corrected chi connectivity index (χ3v) is 9.80. The topological polar surface area (TPSA) is 54.4 Å². The Labute approximate surface area is 321 Å². The summed E-state index contributed by atoms with van der Waals surface area (Å²) in [6.07, 6.45) is 39.1. The molecule has 3 nitrogen and oxygen atoms in total. The van der Waals surface area contributed by atoms with Gasteiger partial charge in [0.25, 0.3) is 0 Å². The summed E-state index contributed by atoms with van der Waals surface area (Å²) in [6, 6.07) is 0. The molecule has 0 aliphatic heterocycles. The molecule has 0 aromatic heterocycles. The smallest absolute Gasteiger partial charge is 0.314 e. The number of hydrogen-bond donors (Lipinski definition) is 1. The lowest BCUT2D eigenvalue weighted by molar-refractivity contribution is -0.145. The van der Waals surface area contributed by atoms with E-state index in [0.717, 1.165) is 95.5 Å². The molecule has 0 radical (unpaired) electrons. The van der Waals surface area contributed by atoms with Gasteiger partial charge in [0.05, 0.1) is 0 Å². The van der Waals surface area contributed by atoms with Crippen LogP contribution in [0.2, 0.25) is 0 Å². The molecular formula is C49H78O3. The minimum atomic E-state index is -1.04. The van der Waals surface area contributed by atoms with Gasteiger partial charge in [0, 0.05) is 0 Å². The van der Waals surface area contributed by atoms with Gasteiger partial charge in [0.15, 0.2) is 0 Å². The monoisotopic (exact) mass is 715 g/mol. The minimum Gasteiger partial charge on any atom is -0.481 e. The minimum absolute atomic E-state index is 0.280. The molecule has 0 aromatic carbocycles. The van der Waals surface area contributed by atoms with Crippen LogP contribution in [0.3, 0.4) is 0 Å². The predicted molar refractivity (Wildman–Crippen MR) is 230 cm³/mol. The number of rotatable bonds is 28. The van der Waals surface area contributed by atoms with Gasteiger partial charge in [-0.25, -0.2) is 0 Å². The number of allylic oxidation sites excluding steroid dienone is 18. The van der Waals surface area contributed by atoms with Crippen LogP contribution in [0.4, 0.5) is 0 Å². The number of aliphatic carboxylic acids is 1. The van der Waals surface area contributed by atoms with Crippen molar-refractivity contribution in [3.05, 3.63) is 105 Å². The van der Waals surface area contributed by atoms with Crippen molar-refractivity contribution in [2.24, 2.45) is 5.92 Å². The summed E-state index contributed by atoms with van der Waals surface area (Å²) < 4.78 is 0. The SMILES string of the molecule is CC(=O)C(C/C=C(\C)CC/C=C(\C)CC/C=C(\C)CC/C=C(\C)CC/C=C(\C)CC/C=C(\C)CC/C=C(\C)CC/C=C(\C)CCC=C(C)C)C(=O)O. The van der Waals surface area contributed by atoms with Gasteiger partial charge in [-0.2, -0.15) is 0 Å². The zero-order valence-electron chi connectivity index (χ0n) is 35.6. The van der Waals surface area contributed by atoms with E-state index in [1.54, 1.807) is 0 Å². The van der Waals surface area contributed by atoms with Gasteiger partial charge in [0.2, 0.25) is 0 Å². The Morgan fingerprint density at radius 1 is 0.365 bits per heavy atom. The highest BCUT2D eigenvalue weighted by molar-refractivity contribution is 5.97. The molecule has 0 aliphatic carbocycles. The first-order valence-corrected chi connectivity index (χ1v) is 20.2. The largest absolute Gasteiger partial charge is 0.481 e. The highest BCUT2D eigenvalue weighted by atomic mass is 16.4. The van der Waals surface area contributed by atoms with Crippen LogP contribution in [0, 0.1) is 5.92 Å². The molecule has 52 heavy (non-hydrogen) atoms. The van der Waals surface area contributed by atoms with Crippen LogP contribution in [0.1, 0.15) is 185 Å². The molecule has 0 saturated carbocycles. The van der Waals surface area contributed by atoms with Crippen LogP contribution in [-0.2, 0) is 9.59 Å². The number of carbonyl (C=O) groups excluding carboxylic acids is 1. The lowest BCUT2D eigenvalue weighted by atomic mass is 9.98. The van der Waals surface area contributed by atoms with Crippen LogP contribution in [0.15, 0.2) is 105 Å². The Balaban J connectivity index is 4.30. The first kappa shape index (κ1) is 48.8. The predicted octanol–water partition coefficient (Wildman–Crippen LogP) is 15.4. The van der Waals surface area contributed by atoms with Crippen molar-refractivity contribution in [3.63, 3.8) is 0 Å². The lowest BCUT2D eigenvalue weighted by Crippen LogP contribution is -2.20. The number of ketones is 1. The van der Waals surface area contributed by atoms with Gasteiger partial charge in [0.1, 0.15) is 11.7 Å². The van der Waals surface area contributed by atoms with Gasteiger partial charge < -0.3 is 5.11 Å². The molecule has 3 heteroatoms. The first-order valence-electron chi connectivity index (χ1n) is 20.2. The van der Waals surface area contributed by atoms with Crippen molar-refractivity contribution in [2.75, 3.05) is 0 Å². The number of carbonyl (C=O) groups is 2. The summed E-state index contributed by atoms with van der Waals surface area (Å²) in [7, 11) is 0. The van der Waals surface area contributed by atoms with Crippen molar-refractivity contribution >= 4 is 11.8 Å². The molecule has 1 atom stereocenters. The van der Waals surface area contributed by atoms with E-state index < -0.39 is 11.9 Å². The first-order chi connectivity index (χ1) is 24.6. The normalized spacial score (nSPS) is 14.9.